The van der Waals surface area contributed by atoms with Crippen molar-refractivity contribution in [2.24, 2.45) is 0 Å². The number of tetrazole rings is 1. The van der Waals surface area contributed by atoms with Crippen LogP contribution in [-0.2, 0) is 20.9 Å². The minimum atomic E-state index is -1.03. The van der Waals surface area contributed by atoms with Crippen molar-refractivity contribution in [1.82, 2.24) is 25.5 Å². The second-order valence-corrected chi connectivity index (χ2v) is 8.12. The topological polar surface area (TPSA) is 119 Å². The summed E-state index contributed by atoms with van der Waals surface area (Å²) in [5.41, 5.74) is 2.51. The molecular weight excluding hydrogens is 441 g/mol. The average molecular weight is 470 g/mol. The highest BCUT2D eigenvalue weighted by molar-refractivity contribution is 5.69. The van der Waals surface area contributed by atoms with E-state index in [1.54, 1.807) is 6.92 Å². The maximum atomic E-state index is 13.5. The maximum absolute atomic E-state index is 13.5. The molecule has 10 heteroatoms. The number of aromatic nitrogens is 4. The van der Waals surface area contributed by atoms with Crippen LogP contribution in [0.5, 0.6) is 0 Å². The molecule has 0 aliphatic heterocycles. The van der Waals surface area contributed by atoms with Crippen molar-refractivity contribution < 1.29 is 23.8 Å². The Hall–Kier alpha value is -3.66. The third-order valence-electron chi connectivity index (χ3n) is 5.36. The zero-order valence-electron chi connectivity index (χ0n) is 19.3. The molecule has 0 saturated carbocycles. The van der Waals surface area contributed by atoms with Gasteiger partial charge in [-0.15, -0.1) is 5.10 Å². The van der Waals surface area contributed by atoms with Crippen molar-refractivity contribution in [2.45, 2.75) is 51.7 Å². The molecule has 34 heavy (non-hydrogen) atoms. The standard InChI is InChI=1S/C24H28FN5O4/c1-4-34-22(33)14-30-24(27-28-29-30)23(18-7-5-16(6-8-18)15(2)3)26-20(13-21(31)32)17-9-11-19(25)12-10-17/h5-12,15,20,23,26H,4,13-14H2,1-3H3,(H,31,32). The molecule has 2 unspecified atom stereocenters. The van der Waals surface area contributed by atoms with Crippen molar-refractivity contribution in [3.8, 4) is 0 Å². The summed E-state index contributed by atoms with van der Waals surface area (Å²) in [6.07, 6.45) is -0.258. The molecule has 0 radical (unpaired) electrons. The first-order chi connectivity index (χ1) is 16.3. The third-order valence-corrected chi connectivity index (χ3v) is 5.36. The number of carboxylic acids is 1. The van der Waals surface area contributed by atoms with Crippen LogP contribution >= 0.6 is 0 Å². The van der Waals surface area contributed by atoms with Crippen molar-refractivity contribution in [3.63, 3.8) is 0 Å². The van der Waals surface area contributed by atoms with Crippen LogP contribution in [0.15, 0.2) is 48.5 Å². The van der Waals surface area contributed by atoms with E-state index >= 15 is 0 Å². The summed E-state index contributed by atoms with van der Waals surface area (Å²) in [7, 11) is 0. The van der Waals surface area contributed by atoms with Gasteiger partial charge in [-0.2, -0.15) is 0 Å². The SMILES string of the molecule is CCOC(=O)Cn1nnnc1C(NC(CC(=O)O)c1ccc(F)cc1)c1ccc(C(C)C)cc1. The predicted molar refractivity (Wildman–Crippen MR) is 121 cm³/mol. The number of ether oxygens (including phenoxy) is 1. The van der Waals surface area contributed by atoms with E-state index in [4.69, 9.17) is 4.74 Å². The first-order valence-electron chi connectivity index (χ1n) is 11.0. The van der Waals surface area contributed by atoms with E-state index in [0.29, 0.717) is 17.3 Å². The zero-order valence-corrected chi connectivity index (χ0v) is 19.3. The van der Waals surface area contributed by atoms with Crippen LogP contribution in [0.4, 0.5) is 4.39 Å². The van der Waals surface area contributed by atoms with E-state index in [2.05, 4.69) is 34.7 Å². The number of nitrogens with one attached hydrogen (secondary N) is 1. The van der Waals surface area contributed by atoms with Gasteiger partial charge in [0.2, 0.25) is 0 Å². The van der Waals surface area contributed by atoms with Gasteiger partial charge in [-0.05, 0) is 52.1 Å². The molecule has 2 N–H and O–H groups in total. The Balaban J connectivity index is 2.02. The van der Waals surface area contributed by atoms with Gasteiger partial charge in [0.15, 0.2) is 5.82 Å². The van der Waals surface area contributed by atoms with Gasteiger partial charge in [-0.3, -0.25) is 14.9 Å². The fourth-order valence-corrected chi connectivity index (χ4v) is 3.60. The number of carbonyl (C=O) groups is 2. The second-order valence-electron chi connectivity index (χ2n) is 8.12. The number of hydrogen-bond acceptors (Lipinski definition) is 7. The fourth-order valence-electron chi connectivity index (χ4n) is 3.60. The Morgan fingerprint density at radius 3 is 2.26 bits per heavy atom. The van der Waals surface area contributed by atoms with E-state index < -0.39 is 29.8 Å². The average Bonchev–Trinajstić information content (AvgIpc) is 3.24. The molecule has 1 aromatic heterocycles. The molecular formula is C24H28FN5O4. The second kappa shape index (κ2) is 11.5. The van der Waals surface area contributed by atoms with E-state index in [-0.39, 0.29) is 19.6 Å². The van der Waals surface area contributed by atoms with Gasteiger partial charge in [0.1, 0.15) is 12.4 Å². The monoisotopic (exact) mass is 469 g/mol. The lowest BCUT2D eigenvalue weighted by molar-refractivity contribution is -0.144. The molecule has 0 saturated heterocycles. The van der Waals surface area contributed by atoms with Crippen LogP contribution in [-0.4, -0.2) is 43.9 Å². The summed E-state index contributed by atoms with van der Waals surface area (Å²) >= 11 is 0. The van der Waals surface area contributed by atoms with Crippen LogP contribution in [0.1, 0.15) is 67.7 Å². The molecule has 0 spiro atoms. The number of esters is 1. The van der Waals surface area contributed by atoms with Crippen LogP contribution < -0.4 is 5.32 Å². The van der Waals surface area contributed by atoms with Crippen molar-refractivity contribution in [2.75, 3.05) is 6.61 Å². The highest BCUT2D eigenvalue weighted by Crippen LogP contribution is 2.28. The van der Waals surface area contributed by atoms with Crippen LogP contribution in [0, 0.1) is 5.82 Å². The van der Waals surface area contributed by atoms with Gasteiger partial charge in [-0.25, -0.2) is 9.07 Å². The lowest BCUT2D eigenvalue weighted by Crippen LogP contribution is -2.32. The number of carbonyl (C=O) groups excluding carboxylic acids is 1. The first-order valence-corrected chi connectivity index (χ1v) is 11.0. The molecule has 0 aliphatic carbocycles. The van der Waals surface area contributed by atoms with Gasteiger partial charge < -0.3 is 9.84 Å². The first kappa shape index (κ1) is 25.0. The molecule has 0 amide bonds. The van der Waals surface area contributed by atoms with Crippen LogP contribution in [0.3, 0.4) is 0 Å². The Morgan fingerprint density at radius 1 is 1.06 bits per heavy atom. The smallest absolute Gasteiger partial charge is 0.327 e. The molecule has 0 bridgehead atoms. The number of hydrogen-bond donors (Lipinski definition) is 2. The molecule has 2 atom stereocenters. The van der Waals surface area contributed by atoms with Gasteiger partial charge in [0.25, 0.3) is 0 Å². The number of aliphatic carboxylic acids is 1. The number of nitrogens with zero attached hydrogens (tertiary/aromatic N) is 4. The highest BCUT2D eigenvalue weighted by atomic mass is 19.1. The number of benzene rings is 2. The quantitative estimate of drug-likeness (QED) is 0.410. The van der Waals surface area contributed by atoms with E-state index in [9.17, 15) is 19.1 Å². The maximum Gasteiger partial charge on any atom is 0.327 e. The molecule has 9 nitrogen and oxygen atoms in total. The van der Waals surface area contributed by atoms with Crippen LogP contribution in [0.2, 0.25) is 0 Å². The number of carboxylic acid groups (broad SMARTS) is 1. The van der Waals surface area contributed by atoms with E-state index in [1.807, 2.05) is 24.3 Å². The van der Waals surface area contributed by atoms with Gasteiger partial charge in [0.05, 0.1) is 19.1 Å². The summed E-state index contributed by atoms with van der Waals surface area (Å²) in [6, 6.07) is 12.1. The van der Waals surface area contributed by atoms with E-state index in [1.165, 1.54) is 28.9 Å². The van der Waals surface area contributed by atoms with Gasteiger partial charge >= 0.3 is 11.9 Å². The lowest BCUT2D eigenvalue weighted by Gasteiger charge is -2.25. The predicted octanol–water partition coefficient (Wildman–Crippen LogP) is 3.39. The summed E-state index contributed by atoms with van der Waals surface area (Å²) in [5.74, 6) is -1.29. The Kier molecular flexibility index (Phi) is 8.42. The van der Waals surface area contributed by atoms with Crippen molar-refractivity contribution in [1.29, 1.82) is 0 Å². The fraction of sp³-hybridized carbons (Fsp3) is 0.375. The Bertz CT molecular complexity index is 1100. The minimum Gasteiger partial charge on any atom is -0.481 e. The summed E-state index contributed by atoms with van der Waals surface area (Å²) in [4.78, 5) is 23.7. The molecule has 3 rings (SSSR count). The molecule has 180 valence electrons. The molecule has 0 fully saturated rings. The Morgan fingerprint density at radius 2 is 1.68 bits per heavy atom. The van der Waals surface area contributed by atoms with E-state index in [0.717, 1.165) is 11.1 Å². The third kappa shape index (κ3) is 6.44. The Labute approximate surface area is 196 Å². The summed E-state index contributed by atoms with van der Waals surface area (Å²) in [5, 5.41) is 24.6. The van der Waals surface area contributed by atoms with Crippen molar-refractivity contribution in [3.05, 3.63) is 76.9 Å². The number of rotatable bonds is 11. The molecule has 3 aromatic rings. The van der Waals surface area contributed by atoms with Crippen molar-refractivity contribution >= 4 is 11.9 Å². The van der Waals surface area contributed by atoms with Gasteiger partial charge in [0, 0.05) is 6.04 Å². The largest absolute Gasteiger partial charge is 0.481 e. The molecule has 0 aliphatic rings. The molecule has 2 aromatic carbocycles. The zero-order chi connectivity index (χ0) is 24.7. The summed E-state index contributed by atoms with van der Waals surface area (Å²) < 4.78 is 19.8. The number of halogens is 1. The van der Waals surface area contributed by atoms with Gasteiger partial charge in [-0.1, -0.05) is 50.2 Å². The minimum absolute atomic E-state index is 0.196. The normalized spacial score (nSPS) is 13.0. The highest BCUT2D eigenvalue weighted by Gasteiger charge is 2.27. The molecule has 1 heterocycles. The lowest BCUT2D eigenvalue weighted by atomic mass is 9.96. The van der Waals surface area contributed by atoms with Crippen LogP contribution in [0.25, 0.3) is 0 Å². The summed E-state index contributed by atoms with van der Waals surface area (Å²) in [6.45, 7) is 5.90.